The van der Waals surface area contributed by atoms with Crippen LogP contribution in [0.5, 0.6) is 0 Å². The zero-order valence-corrected chi connectivity index (χ0v) is 21.2. The second kappa shape index (κ2) is 10.3. The van der Waals surface area contributed by atoms with Gasteiger partial charge in [0.2, 0.25) is 0 Å². The van der Waals surface area contributed by atoms with E-state index < -0.39 is 12.0 Å². The Morgan fingerprint density at radius 2 is 1.56 bits per heavy atom. The van der Waals surface area contributed by atoms with Crippen molar-refractivity contribution in [2.75, 3.05) is 12.4 Å². The zero-order valence-electron chi connectivity index (χ0n) is 20.4. The monoisotopic (exact) mass is 478 g/mol. The van der Waals surface area contributed by atoms with Gasteiger partial charge in [-0.15, -0.1) is 0 Å². The minimum Gasteiger partial charge on any atom is -0.480 e. The van der Waals surface area contributed by atoms with Crippen LogP contribution >= 0.6 is 11.6 Å². The molecule has 3 aromatic rings. The number of benzene rings is 3. The third-order valence-electron chi connectivity index (χ3n) is 6.27. The van der Waals surface area contributed by atoms with E-state index in [1.54, 1.807) is 0 Å². The maximum absolute atomic E-state index is 13.0. The van der Waals surface area contributed by atoms with E-state index in [9.17, 15) is 14.7 Å². The summed E-state index contributed by atoms with van der Waals surface area (Å²) >= 11 is 6.17. The molecule has 0 heterocycles. The summed E-state index contributed by atoms with van der Waals surface area (Å²) in [5, 5.41) is 13.6. The largest absolute Gasteiger partial charge is 0.480 e. The summed E-state index contributed by atoms with van der Waals surface area (Å²) in [6.45, 7) is 9.38. The van der Waals surface area contributed by atoms with Gasteiger partial charge in [0.25, 0.3) is 5.91 Å². The molecular weight excluding hydrogens is 448 g/mol. The third kappa shape index (κ3) is 5.42. The van der Waals surface area contributed by atoms with Gasteiger partial charge in [-0.05, 0) is 86.2 Å². The number of carbonyl (C=O) groups excluding carboxylic acids is 1. The molecule has 0 bridgehead atoms. The molecule has 0 aliphatic rings. The number of hydrogen-bond donors (Lipinski definition) is 2. The number of halogens is 1. The fourth-order valence-corrected chi connectivity index (χ4v) is 4.16. The van der Waals surface area contributed by atoms with E-state index >= 15 is 0 Å². The van der Waals surface area contributed by atoms with Crippen LogP contribution in [0.25, 0.3) is 11.1 Å². The van der Waals surface area contributed by atoms with Crippen LogP contribution in [0, 0.1) is 20.8 Å². The summed E-state index contributed by atoms with van der Waals surface area (Å²) in [5.74, 6) is -1.32. The van der Waals surface area contributed by atoms with Gasteiger partial charge in [-0.2, -0.15) is 0 Å². The van der Waals surface area contributed by atoms with Gasteiger partial charge in [-0.3, -0.25) is 4.79 Å². The summed E-state index contributed by atoms with van der Waals surface area (Å²) in [7, 11) is 1.52. The van der Waals surface area contributed by atoms with Crippen LogP contribution in [0.4, 0.5) is 5.69 Å². The molecule has 0 radical (unpaired) electrons. The summed E-state index contributed by atoms with van der Waals surface area (Å²) < 4.78 is 0. The van der Waals surface area contributed by atoms with E-state index in [4.69, 9.17) is 11.6 Å². The highest BCUT2D eigenvalue weighted by atomic mass is 35.5. The van der Waals surface area contributed by atoms with Crippen LogP contribution in [-0.4, -0.2) is 35.0 Å². The number of nitrogens with zero attached hydrogens (tertiary/aromatic N) is 1. The van der Waals surface area contributed by atoms with Crippen molar-refractivity contribution in [2.45, 2.75) is 46.7 Å². The Labute approximate surface area is 206 Å². The van der Waals surface area contributed by atoms with Gasteiger partial charge in [-0.1, -0.05) is 48.0 Å². The van der Waals surface area contributed by atoms with Gasteiger partial charge in [0.15, 0.2) is 0 Å². The first-order valence-corrected chi connectivity index (χ1v) is 11.6. The van der Waals surface area contributed by atoms with Crippen molar-refractivity contribution in [3.8, 4) is 11.1 Å². The van der Waals surface area contributed by atoms with Gasteiger partial charge >= 0.3 is 5.97 Å². The fourth-order valence-electron chi connectivity index (χ4n) is 4.04. The van der Waals surface area contributed by atoms with Gasteiger partial charge in [-0.25, -0.2) is 4.79 Å². The summed E-state index contributed by atoms with van der Waals surface area (Å²) in [4.78, 5) is 25.6. The molecular formula is C28H31ClN2O3. The van der Waals surface area contributed by atoms with Crippen LogP contribution < -0.4 is 5.32 Å². The zero-order chi connectivity index (χ0) is 25.2. The number of hydrogen-bond acceptors (Lipinski definition) is 3. The smallest absolute Gasteiger partial charge is 0.326 e. The molecule has 6 heteroatoms. The number of carbonyl (C=O) groups is 2. The third-order valence-corrected chi connectivity index (χ3v) is 6.69. The molecule has 0 saturated heterocycles. The van der Waals surface area contributed by atoms with Crippen LogP contribution in [0.1, 0.15) is 52.5 Å². The van der Waals surface area contributed by atoms with Gasteiger partial charge in [0.05, 0.1) is 0 Å². The van der Waals surface area contributed by atoms with E-state index in [1.807, 2.05) is 63.2 Å². The maximum Gasteiger partial charge on any atom is 0.326 e. The molecule has 0 aliphatic heterocycles. The lowest BCUT2D eigenvalue weighted by molar-refractivity contribution is -0.141. The minimum absolute atomic E-state index is 0.0986. The van der Waals surface area contributed by atoms with Crippen molar-refractivity contribution in [1.29, 1.82) is 0 Å². The van der Waals surface area contributed by atoms with Gasteiger partial charge < -0.3 is 15.3 Å². The van der Waals surface area contributed by atoms with Gasteiger partial charge in [0.1, 0.15) is 6.04 Å². The average Bonchev–Trinajstić information content (AvgIpc) is 2.79. The normalized spacial score (nSPS) is 12.7. The van der Waals surface area contributed by atoms with Crippen molar-refractivity contribution >= 4 is 29.2 Å². The molecule has 0 unspecified atom stereocenters. The molecule has 0 fully saturated rings. The molecule has 0 aliphatic carbocycles. The Balaban J connectivity index is 1.87. The lowest BCUT2D eigenvalue weighted by Gasteiger charge is -2.24. The number of anilines is 1. The van der Waals surface area contributed by atoms with Gasteiger partial charge in [0, 0.05) is 29.4 Å². The van der Waals surface area contributed by atoms with Crippen molar-refractivity contribution in [2.24, 2.45) is 0 Å². The van der Waals surface area contributed by atoms with Crippen LogP contribution in [0.15, 0.2) is 54.6 Å². The molecule has 5 nitrogen and oxygen atoms in total. The standard InChI is InChI=1S/C28H31ClN2O3/c1-16-12-21(10-11-25(16)29)19(4)30-24-9-7-8-22(15-24)23-13-17(2)26(18(3)14-23)27(32)31(6)20(5)28(33)34/h7-15,19-20,30H,1-6H3,(H,33,34)/t19-,20+/m1/s1. The molecule has 2 atom stereocenters. The predicted octanol–water partition coefficient (Wildman–Crippen LogP) is 6.65. The first-order valence-electron chi connectivity index (χ1n) is 11.2. The highest BCUT2D eigenvalue weighted by Crippen LogP contribution is 2.30. The van der Waals surface area contributed by atoms with E-state index in [-0.39, 0.29) is 11.9 Å². The second-order valence-corrected chi connectivity index (χ2v) is 9.28. The Morgan fingerprint density at radius 3 is 2.15 bits per heavy atom. The van der Waals surface area contributed by atoms with Crippen LogP contribution in [0.3, 0.4) is 0 Å². The molecule has 178 valence electrons. The predicted molar refractivity (Wildman–Crippen MR) is 139 cm³/mol. The van der Waals surface area contributed by atoms with Crippen LogP contribution in [0.2, 0.25) is 5.02 Å². The van der Waals surface area contributed by atoms with Crippen LogP contribution in [-0.2, 0) is 4.79 Å². The molecule has 3 aromatic carbocycles. The van der Waals surface area contributed by atoms with E-state index in [2.05, 4.69) is 24.4 Å². The number of carboxylic acid groups (broad SMARTS) is 1. The number of rotatable bonds is 7. The number of nitrogens with one attached hydrogen (secondary N) is 1. The SMILES string of the molecule is Cc1cc([C@@H](C)Nc2cccc(-c3cc(C)c(C(=O)N(C)[C@@H](C)C(=O)O)c(C)c3)c2)ccc1Cl. The Kier molecular flexibility index (Phi) is 7.68. The Bertz CT molecular complexity index is 1220. The highest BCUT2D eigenvalue weighted by molar-refractivity contribution is 6.31. The first kappa shape index (κ1) is 25.3. The topological polar surface area (TPSA) is 69.6 Å². The number of aliphatic carboxylic acids is 1. The van der Waals surface area contributed by atoms with Crippen molar-refractivity contribution in [3.05, 3.63) is 87.4 Å². The fraction of sp³-hybridized carbons (Fsp3) is 0.286. The maximum atomic E-state index is 13.0. The van der Waals surface area contributed by atoms with Crippen molar-refractivity contribution in [3.63, 3.8) is 0 Å². The molecule has 0 aromatic heterocycles. The quantitative estimate of drug-likeness (QED) is 0.398. The van der Waals surface area contributed by atoms with Crippen molar-refractivity contribution < 1.29 is 14.7 Å². The first-order chi connectivity index (χ1) is 16.0. The summed E-state index contributed by atoms with van der Waals surface area (Å²) in [6.07, 6.45) is 0. The number of amides is 1. The number of aryl methyl sites for hydroxylation is 3. The lowest BCUT2D eigenvalue weighted by Crippen LogP contribution is -2.40. The molecule has 0 spiro atoms. The second-order valence-electron chi connectivity index (χ2n) is 8.87. The Morgan fingerprint density at radius 1 is 0.912 bits per heavy atom. The lowest BCUT2D eigenvalue weighted by atomic mass is 9.94. The molecule has 0 saturated carbocycles. The molecule has 3 rings (SSSR count). The highest BCUT2D eigenvalue weighted by Gasteiger charge is 2.25. The number of carboxylic acids is 1. The van der Waals surface area contributed by atoms with E-state index in [0.717, 1.165) is 44.1 Å². The number of likely N-dealkylation sites (N-methyl/N-ethyl adjacent to an activating group) is 1. The van der Waals surface area contributed by atoms with E-state index in [1.165, 1.54) is 18.9 Å². The van der Waals surface area contributed by atoms with Crippen molar-refractivity contribution in [1.82, 2.24) is 4.90 Å². The Hall–Kier alpha value is -3.31. The molecule has 34 heavy (non-hydrogen) atoms. The minimum atomic E-state index is -1.03. The molecule has 2 N–H and O–H groups in total. The molecule has 1 amide bonds. The summed E-state index contributed by atoms with van der Waals surface area (Å²) in [5.41, 5.74) is 7.39. The average molecular weight is 479 g/mol. The summed E-state index contributed by atoms with van der Waals surface area (Å²) in [6, 6.07) is 17.4. The van der Waals surface area contributed by atoms with E-state index in [0.29, 0.717) is 5.56 Å².